The van der Waals surface area contributed by atoms with Gasteiger partial charge in [0.25, 0.3) is 11.1 Å². The summed E-state index contributed by atoms with van der Waals surface area (Å²) in [5.74, 6) is 0. The van der Waals surface area contributed by atoms with Crippen LogP contribution in [0.4, 0.5) is 0 Å². The summed E-state index contributed by atoms with van der Waals surface area (Å²) in [5.41, 5.74) is 0.981. The summed E-state index contributed by atoms with van der Waals surface area (Å²) in [6.07, 6.45) is 0. The van der Waals surface area contributed by atoms with E-state index in [1.54, 1.807) is 24.3 Å². The molecule has 0 radical (unpaired) electrons. The van der Waals surface area contributed by atoms with Crippen LogP contribution in [0.25, 0.3) is 27.5 Å². The summed E-state index contributed by atoms with van der Waals surface area (Å²) < 4.78 is 1.13. The molecule has 0 saturated carbocycles. The molecule has 0 aliphatic carbocycles. The second kappa shape index (κ2) is 5.71. The minimum Gasteiger partial charge on any atom is -0.350 e. The molecule has 0 aliphatic rings. The van der Waals surface area contributed by atoms with Crippen LogP contribution in [0.2, 0.25) is 5.02 Å². The molecule has 0 amide bonds. The third-order valence-electron chi connectivity index (χ3n) is 4.43. The summed E-state index contributed by atoms with van der Waals surface area (Å²) in [6.45, 7) is 3.72. The smallest absolute Gasteiger partial charge is 0.287 e. The van der Waals surface area contributed by atoms with Gasteiger partial charge in [0.15, 0.2) is 0 Å². The second-order valence-electron chi connectivity index (χ2n) is 6.27. The van der Waals surface area contributed by atoms with Crippen molar-refractivity contribution in [3.63, 3.8) is 0 Å². The first-order valence-corrected chi connectivity index (χ1v) is 8.33. The van der Waals surface area contributed by atoms with E-state index >= 15 is 0 Å². The normalized spacial score (nSPS) is 11.3. The molecule has 0 aliphatic heterocycles. The van der Waals surface area contributed by atoms with Crippen LogP contribution in [-0.2, 0) is 0 Å². The van der Waals surface area contributed by atoms with Gasteiger partial charge in [0.2, 0.25) is 5.43 Å². The molecule has 0 bridgehead atoms. The molecular weight excluding hydrogens is 354 g/mol. The number of aromatic amines is 2. The monoisotopic (exact) mass is 367 g/mol. The van der Waals surface area contributed by atoms with Crippen molar-refractivity contribution in [3.05, 3.63) is 83.5 Å². The van der Waals surface area contributed by atoms with Crippen molar-refractivity contribution < 1.29 is 0 Å². The maximum atomic E-state index is 13.0. The Morgan fingerprint density at radius 3 is 2.54 bits per heavy atom. The van der Waals surface area contributed by atoms with Gasteiger partial charge in [-0.15, -0.1) is 0 Å². The number of hydrogen-bond acceptors (Lipinski definition) is 3. The quantitative estimate of drug-likeness (QED) is 0.507. The molecule has 0 saturated heterocycles. The van der Waals surface area contributed by atoms with Crippen molar-refractivity contribution in [2.24, 2.45) is 0 Å². The van der Waals surface area contributed by atoms with Gasteiger partial charge in [-0.1, -0.05) is 23.7 Å². The van der Waals surface area contributed by atoms with Crippen molar-refractivity contribution in [2.45, 2.75) is 13.8 Å². The minimum absolute atomic E-state index is 0.0590. The molecule has 4 aromatic rings. The topological polar surface area (TPSA) is 87.7 Å². The molecule has 2 heterocycles. The standard InChI is InChI=1S/C19H14ClN3O3/c1-9-3-4-10(2)14(7-9)23-19(26)15-16(18(25)22-23)21-13-8-11(20)5-6-12(13)17(15)24/h3-8H,1-2H3,(H,21,24)(H,22,25). The Morgan fingerprint density at radius 1 is 1.00 bits per heavy atom. The summed E-state index contributed by atoms with van der Waals surface area (Å²) >= 11 is 5.96. The molecule has 7 heteroatoms. The predicted molar refractivity (Wildman–Crippen MR) is 103 cm³/mol. The summed E-state index contributed by atoms with van der Waals surface area (Å²) in [6, 6.07) is 10.2. The van der Waals surface area contributed by atoms with E-state index in [1.807, 2.05) is 26.0 Å². The van der Waals surface area contributed by atoms with Gasteiger partial charge >= 0.3 is 0 Å². The molecule has 4 rings (SSSR count). The van der Waals surface area contributed by atoms with Gasteiger partial charge < -0.3 is 4.98 Å². The molecule has 6 nitrogen and oxygen atoms in total. The van der Waals surface area contributed by atoms with E-state index in [0.717, 1.165) is 15.8 Å². The highest BCUT2D eigenvalue weighted by atomic mass is 35.5. The summed E-state index contributed by atoms with van der Waals surface area (Å²) in [4.78, 5) is 41.3. The van der Waals surface area contributed by atoms with Crippen LogP contribution < -0.4 is 16.5 Å². The number of pyridine rings is 1. The highest BCUT2D eigenvalue weighted by Gasteiger charge is 2.16. The van der Waals surface area contributed by atoms with E-state index in [9.17, 15) is 14.4 Å². The Labute approximate surface area is 151 Å². The van der Waals surface area contributed by atoms with Gasteiger partial charge in [-0.2, -0.15) is 0 Å². The first-order valence-electron chi connectivity index (χ1n) is 7.95. The molecule has 0 fully saturated rings. The molecule has 2 aromatic heterocycles. The number of aromatic nitrogens is 3. The van der Waals surface area contributed by atoms with Gasteiger partial charge in [0, 0.05) is 10.4 Å². The van der Waals surface area contributed by atoms with Gasteiger partial charge in [-0.05, 0) is 49.2 Å². The largest absolute Gasteiger partial charge is 0.350 e. The Kier molecular flexibility index (Phi) is 3.59. The van der Waals surface area contributed by atoms with Gasteiger partial charge in [-0.3, -0.25) is 19.5 Å². The van der Waals surface area contributed by atoms with Crippen molar-refractivity contribution in [1.82, 2.24) is 14.8 Å². The lowest BCUT2D eigenvalue weighted by Gasteiger charge is -2.11. The van der Waals surface area contributed by atoms with Crippen LogP contribution in [0.5, 0.6) is 0 Å². The maximum absolute atomic E-state index is 13.0. The average Bonchev–Trinajstić information content (AvgIpc) is 2.60. The molecule has 0 spiro atoms. The summed E-state index contributed by atoms with van der Waals surface area (Å²) in [5, 5.41) is 3.11. The lowest BCUT2D eigenvalue weighted by Crippen LogP contribution is -2.33. The van der Waals surface area contributed by atoms with E-state index in [2.05, 4.69) is 10.1 Å². The molecule has 0 atom stereocenters. The zero-order valence-corrected chi connectivity index (χ0v) is 14.8. The maximum Gasteiger partial charge on any atom is 0.287 e. The van der Waals surface area contributed by atoms with Crippen LogP contribution in [0.1, 0.15) is 11.1 Å². The van der Waals surface area contributed by atoms with E-state index < -0.39 is 16.5 Å². The second-order valence-corrected chi connectivity index (χ2v) is 6.70. The van der Waals surface area contributed by atoms with E-state index in [0.29, 0.717) is 21.6 Å². The fourth-order valence-corrected chi connectivity index (χ4v) is 3.26. The van der Waals surface area contributed by atoms with Crippen molar-refractivity contribution >= 4 is 33.4 Å². The molecule has 2 aromatic carbocycles. The van der Waals surface area contributed by atoms with Crippen molar-refractivity contribution in [3.8, 4) is 5.69 Å². The predicted octanol–water partition coefficient (Wildman–Crippen LogP) is 2.79. The Bertz CT molecular complexity index is 1380. The minimum atomic E-state index is -0.577. The highest BCUT2D eigenvalue weighted by molar-refractivity contribution is 6.31. The molecule has 130 valence electrons. The van der Waals surface area contributed by atoms with Crippen LogP contribution in [0.15, 0.2) is 50.8 Å². The number of nitrogens with zero attached hydrogens (tertiary/aromatic N) is 1. The fourth-order valence-electron chi connectivity index (χ4n) is 3.09. The number of H-pyrrole nitrogens is 2. The zero-order chi connectivity index (χ0) is 18.6. The highest BCUT2D eigenvalue weighted by Crippen LogP contribution is 2.17. The van der Waals surface area contributed by atoms with Gasteiger partial charge in [0.1, 0.15) is 10.9 Å². The van der Waals surface area contributed by atoms with Crippen molar-refractivity contribution in [1.29, 1.82) is 0 Å². The number of aryl methyl sites for hydroxylation is 2. The van der Waals surface area contributed by atoms with E-state index in [-0.39, 0.29) is 10.9 Å². The number of benzene rings is 2. The first-order chi connectivity index (χ1) is 12.4. The van der Waals surface area contributed by atoms with Crippen LogP contribution in [0.3, 0.4) is 0 Å². The summed E-state index contributed by atoms with van der Waals surface area (Å²) in [7, 11) is 0. The van der Waals surface area contributed by atoms with Crippen molar-refractivity contribution in [2.75, 3.05) is 0 Å². The lowest BCUT2D eigenvalue weighted by molar-refractivity contribution is 0.793. The Morgan fingerprint density at radius 2 is 1.77 bits per heavy atom. The lowest BCUT2D eigenvalue weighted by atomic mass is 10.1. The number of fused-ring (bicyclic) bond motifs is 2. The number of hydrogen-bond donors (Lipinski definition) is 2. The van der Waals surface area contributed by atoms with Crippen LogP contribution in [0, 0.1) is 13.8 Å². The Hall–Kier alpha value is -3.12. The van der Waals surface area contributed by atoms with Crippen LogP contribution in [-0.4, -0.2) is 14.8 Å². The fraction of sp³-hybridized carbons (Fsp3) is 0.105. The number of halogens is 1. The molecular formula is C19H14ClN3O3. The number of rotatable bonds is 1. The van der Waals surface area contributed by atoms with Gasteiger partial charge in [0.05, 0.1) is 11.2 Å². The number of nitrogens with one attached hydrogen (secondary N) is 2. The van der Waals surface area contributed by atoms with Gasteiger partial charge in [-0.25, -0.2) is 4.68 Å². The van der Waals surface area contributed by atoms with E-state index in [4.69, 9.17) is 11.6 Å². The van der Waals surface area contributed by atoms with Crippen LogP contribution >= 0.6 is 11.6 Å². The Balaban J connectivity index is 2.20. The molecule has 26 heavy (non-hydrogen) atoms. The van der Waals surface area contributed by atoms with E-state index in [1.165, 1.54) is 0 Å². The third-order valence-corrected chi connectivity index (χ3v) is 4.66. The molecule has 0 unspecified atom stereocenters. The average molecular weight is 368 g/mol. The SMILES string of the molecule is Cc1ccc(C)c(-n2[nH]c(=O)c3[nH]c4cc(Cl)ccc4c(=O)c3c2=O)c1. The third kappa shape index (κ3) is 2.38. The zero-order valence-electron chi connectivity index (χ0n) is 14.0. The molecule has 2 N–H and O–H groups in total. The first kappa shape index (κ1) is 16.4.